The molecule has 0 unspecified atom stereocenters. The predicted octanol–water partition coefficient (Wildman–Crippen LogP) is -3.14. The van der Waals surface area contributed by atoms with Crippen LogP contribution in [0.3, 0.4) is 0 Å². The van der Waals surface area contributed by atoms with Gasteiger partial charge in [0, 0.05) is 30.9 Å². The first-order valence-corrected chi connectivity index (χ1v) is 4.20. The normalized spacial score (nSPS) is 7.69. The number of benzene rings is 1. The summed E-state index contributed by atoms with van der Waals surface area (Å²) < 4.78 is 0. The molecule has 0 fully saturated rings. The molecular formula is C10H14Cl2N3Zn. The second-order valence-electron chi connectivity index (χ2n) is 3.42. The van der Waals surface area contributed by atoms with Crippen LogP contribution in [0, 0.1) is 19.2 Å². The fourth-order valence-corrected chi connectivity index (χ4v) is 1.35. The van der Waals surface area contributed by atoms with Gasteiger partial charge in [-0.2, -0.15) is 0 Å². The van der Waals surface area contributed by atoms with E-state index < -0.39 is 0 Å². The van der Waals surface area contributed by atoms with Gasteiger partial charge in [-0.15, -0.1) is 0 Å². The van der Waals surface area contributed by atoms with Gasteiger partial charge in [-0.1, -0.05) is 0 Å². The number of diazo groups is 1. The molecule has 0 N–H and O–H groups in total. The summed E-state index contributed by atoms with van der Waals surface area (Å²) in [4.78, 5) is 5.28. The molecule has 85 valence electrons. The second kappa shape index (κ2) is 8.76. The summed E-state index contributed by atoms with van der Waals surface area (Å²) in [6.45, 7) is 3.88. The molecule has 3 nitrogen and oxygen atoms in total. The maximum absolute atomic E-state index is 8.74. The Morgan fingerprint density at radius 2 is 1.44 bits per heavy atom. The van der Waals surface area contributed by atoms with Gasteiger partial charge in [-0.25, -0.2) is 0 Å². The van der Waals surface area contributed by atoms with Crippen molar-refractivity contribution in [3.63, 3.8) is 0 Å². The van der Waals surface area contributed by atoms with Crippen LogP contribution in [-0.4, -0.2) is 14.1 Å². The van der Waals surface area contributed by atoms with Gasteiger partial charge in [0.25, 0.3) is 0 Å². The Balaban J connectivity index is -0.000000563. The average Bonchev–Trinajstić information content (AvgIpc) is 2.03. The molecule has 0 spiro atoms. The van der Waals surface area contributed by atoms with Gasteiger partial charge >= 0.3 is 25.2 Å². The first-order chi connectivity index (χ1) is 6.06. The zero-order valence-corrected chi connectivity index (χ0v) is 14.4. The molecule has 16 heavy (non-hydrogen) atoms. The molecule has 0 aliphatic heterocycles. The monoisotopic (exact) mass is 310 g/mol. The third kappa shape index (κ3) is 4.66. The summed E-state index contributed by atoms with van der Waals surface area (Å²) >= 11 is 0. The Hall–Kier alpha value is -0.357. The van der Waals surface area contributed by atoms with Crippen molar-refractivity contribution in [3.8, 4) is 0 Å². The Morgan fingerprint density at radius 1 is 1.06 bits per heavy atom. The minimum absolute atomic E-state index is 0. The molecule has 1 aromatic carbocycles. The molecule has 0 atom stereocenters. The number of halogens is 2. The Morgan fingerprint density at radius 3 is 1.69 bits per heavy atom. The van der Waals surface area contributed by atoms with E-state index in [4.69, 9.17) is 5.39 Å². The van der Waals surface area contributed by atoms with Gasteiger partial charge in [0.05, 0.1) is 0 Å². The van der Waals surface area contributed by atoms with Crippen molar-refractivity contribution in [1.29, 1.82) is 5.39 Å². The zero-order valence-electron chi connectivity index (χ0n) is 9.96. The molecule has 0 heterocycles. The van der Waals surface area contributed by atoms with Crippen molar-refractivity contribution in [2.75, 3.05) is 19.0 Å². The van der Waals surface area contributed by atoms with Crippen LogP contribution in [0.15, 0.2) is 12.1 Å². The standard InChI is InChI=1S/C10H14N3.2ClH.Zn/c1-7-5-9(13(3)4)6-8(2)10(7)12-11;;;/h5-6H,1-4H3;2*1H;/q+1;;;+1/p-2. The molecule has 0 aliphatic carbocycles. The van der Waals surface area contributed by atoms with E-state index in [1.165, 1.54) is 0 Å². The largest absolute Gasteiger partial charge is 1.00 e. The fraction of sp³-hybridized carbons (Fsp3) is 0.400. The molecule has 0 bridgehead atoms. The van der Waals surface area contributed by atoms with Crippen molar-refractivity contribution >= 4 is 11.4 Å². The second-order valence-corrected chi connectivity index (χ2v) is 3.42. The van der Waals surface area contributed by atoms with Gasteiger partial charge in [0.1, 0.15) is 0 Å². The first-order valence-electron chi connectivity index (χ1n) is 4.20. The van der Waals surface area contributed by atoms with E-state index in [2.05, 4.69) is 4.98 Å². The topological polar surface area (TPSA) is 31.4 Å². The summed E-state index contributed by atoms with van der Waals surface area (Å²) in [5, 5.41) is 8.74. The summed E-state index contributed by atoms with van der Waals surface area (Å²) in [7, 11) is 3.98. The summed E-state index contributed by atoms with van der Waals surface area (Å²) in [6.07, 6.45) is 0. The van der Waals surface area contributed by atoms with Crippen LogP contribution in [0.4, 0.5) is 11.4 Å². The maximum Gasteiger partial charge on any atom is 1.00 e. The molecule has 0 saturated heterocycles. The van der Waals surface area contributed by atoms with E-state index in [-0.39, 0.29) is 44.3 Å². The number of aryl methyl sites for hydroxylation is 2. The third-order valence-corrected chi connectivity index (χ3v) is 2.09. The number of rotatable bonds is 1. The number of hydrogen-bond donors (Lipinski definition) is 0. The summed E-state index contributed by atoms with van der Waals surface area (Å²) in [5.41, 5.74) is 3.78. The molecule has 0 saturated carbocycles. The quantitative estimate of drug-likeness (QED) is 0.405. The number of nitrogens with zero attached hydrogens (tertiary/aromatic N) is 3. The Kier molecular flexibility index (Phi) is 11.5. The molecule has 0 aliphatic rings. The van der Waals surface area contributed by atoms with E-state index in [9.17, 15) is 0 Å². The van der Waals surface area contributed by atoms with Crippen LogP contribution in [-0.2, 0) is 19.5 Å². The fourth-order valence-electron chi connectivity index (χ4n) is 1.35. The van der Waals surface area contributed by atoms with Crippen molar-refractivity contribution < 1.29 is 44.3 Å². The molecule has 1 radical (unpaired) electrons. The van der Waals surface area contributed by atoms with E-state index in [0.29, 0.717) is 5.69 Å². The number of hydrogen-bond acceptors (Lipinski definition) is 2. The van der Waals surface area contributed by atoms with Crippen LogP contribution in [0.5, 0.6) is 0 Å². The smallest absolute Gasteiger partial charge is 1.00 e. The van der Waals surface area contributed by atoms with E-state index >= 15 is 0 Å². The SMILES string of the molecule is Cc1cc(N(C)C)cc(C)c1[N+]#N.[Cl-].[Cl-].[Zn+]. The molecule has 0 aromatic heterocycles. The minimum atomic E-state index is 0. The number of anilines is 1. The molecule has 1 aromatic rings. The molecule has 6 heteroatoms. The molecule has 0 amide bonds. The van der Waals surface area contributed by atoms with Crippen LogP contribution in [0.25, 0.3) is 4.98 Å². The Bertz CT molecular complexity index is 352. The zero-order chi connectivity index (χ0) is 10.0. The summed E-state index contributed by atoms with van der Waals surface area (Å²) in [6, 6.07) is 4.00. The van der Waals surface area contributed by atoms with Crippen molar-refractivity contribution in [2.24, 2.45) is 0 Å². The van der Waals surface area contributed by atoms with Crippen LogP contribution in [0.2, 0.25) is 0 Å². The van der Waals surface area contributed by atoms with Crippen LogP contribution >= 0.6 is 0 Å². The summed E-state index contributed by atoms with van der Waals surface area (Å²) in [5.74, 6) is 0. The molecule has 1 rings (SSSR count). The van der Waals surface area contributed by atoms with Gasteiger partial charge < -0.3 is 29.7 Å². The van der Waals surface area contributed by atoms with Crippen LogP contribution in [0.1, 0.15) is 11.1 Å². The van der Waals surface area contributed by atoms with E-state index in [1.807, 2.05) is 45.0 Å². The van der Waals surface area contributed by atoms with E-state index in [1.54, 1.807) is 0 Å². The predicted molar refractivity (Wildman–Crippen MR) is 55.0 cm³/mol. The van der Waals surface area contributed by atoms with Gasteiger partial charge in [-0.05, 0) is 26.0 Å². The van der Waals surface area contributed by atoms with Gasteiger partial charge in [0.2, 0.25) is 5.39 Å². The van der Waals surface area contributed by atoms with Gasteiger partial charge in [0.15, 0.2) is 4.98 Å². The van der Waals surface area contributed by atoms with Crippen LogP contribution < -0.4 is 29.7 Å². The Labute approximate surface area is 122 Å². The minimum Gasteiger partial charge on any atom is -1.00 e. The van der Waals surface area contributed by atoms with Crippen molar-refractivity contribution in [2.45, 2.75) is 13.8 Å². The van der Waals surface area contributed by atoms with E-state index in [0.717, 1.165) is 16.8 Å². The maximum atomic E-state index is 8.74. The van der Waals surface area contributed by atoms with Crippen molar-refractivity contribution in [1.82, 2.24) is 0 Å². The van der Waals surface area contributed by atoms with Crippen molar-refractivity contribution in [3.05, 3.63) is 28.2 Å². The third-order valence-electron chi connectivity index (χ3n) is 2.09. The average molecular weight is 313 g/mol. The first kappa shape index (κ1) is 21.0. The molecular weight excluding hydrogens is 298 g/mol. The van der Waals surface area contributed by atoms with Gasteiger partial charge in [-0.3, -0.25) is 0 Å².